The van der Waals surface area contributed by atoms with Gasteiger partial charge in [-0.3, -0.25) is 0 Å². The van der Waals surface area contributed by atoms with Crippen LogP contribution in [0.25, 0.3) is 0 Å². The molecule has 1 heterocycles. The van der Waals surface area contributed by atoms with Gasteiger partial charge in [0.15, 0.2) is 11.5 Å². The largest absolute Gasteiger partial charge is 0.493 e. The van der Waals surface area contributed by atoms with E-state index in [2.05, 4.69) is 15.0 Å². The number of benzene rings is 1. The monoisotopic (exact) mass is 297 g/mol. The molecular formula is C14H17F2N3O2. The molecule has 0 atom stereocenters. The topological polar surface area (TPSA) is 48.3 Å². The van der Waals surface area contributed by atoms with Crippen molar-refractivity contribution in [2.24, 2.45) is 7.05 Å². The lowest BCUT2D eigenvalue weighted by atomic mass is 10.2. The van der Waals surface area contributed by atoms with Crippen LogP contribution in [0.3, 0.4) is 0 Å². The maximum Gasteiger partial charge on any atom is 0.387 e. The molecular weight excluding hydrogens is 280 g/mol. The van der Waals surface area contributed by atoms with Crippen LogP contribution in [-0.2, 0) is 20.1 Å². The predicted octanol–water partition coefficient (Wildman–Crippen LogP) is 2.32. The zero-order valence-corrected chi connectivity index (χ0v) is 11.8. The molecule has 0 aliphatic heterocycles. The molecule has 0 spiro atoms. The second kappa shape index (κ2) is 7.03. The Kier molecular flexibility index (Phi) is 5.10. The van der Waals surface area contributed by atoms with Crippen molar-refractivity contribution in [1.82, 2.24) is 14.9 Å². The van der Waals surface area contributed by atoms with E-state index in [-0.39, 0.29) is 11.5 Å². The molecule has 0 saturated heterocycles. The van der Waals surface area contributed by atoms with Crippen LogP contribution in [0.2, 0.25) is 0 Å². The number of para-hydroxylation sites is 1. The van der Waals surface area contributed by atoms with Crippen LogP contribution in [-0.4, -0.2) is 23.3 Å². The van der Waals surface area contributed by atoms with Gasteiger partial charge in [0, 0.05) is 31.5 Å². The Bertz CT molecular complexity index is 587. The molecule has 0 amide bonds. The number of hydrogen-bond donors (Lipinski definition) is 1. The molecule has 0 bridgehead atoms. The molecule has 1 aromatic heterocycles. The van der Waals surface area contributed by atoms with Gasteiger partial charge in [0.1, 0.15) is 5.82 Å². The summed E-state index contributed by atoms with van der Waals surface area (Å²) in [5.41, 5.74) is 0.601. The molecule has 1 N–H and O–H groups in total. The molecule has 1 aromatic carbocycles. The van der Waals surface area contributed by atoms with Crippen molar-refractivity contribution in [3.05, 3.63) is 42.0 Å². The summed E-state index contributed by atoms with van der Waals surface area (Å²) in [6.45, 7) is -2.00. The van der Waals surface area contributed by atoms with E-state index in [0.717, 1.165) is 5.82 Å². The van der Waals surface area contributed by atoms with Crippen LogP contribution in [0, 0.1) is 0 Å². The molecule has 0 aliphatic carbocycles. The molecule has 21 heavy (non-hydrogen) atoms. The Morgan fingerprint density at radius 2 is 2.14 bits per heavy atom. The van der Waals surface area contributed by atoms with E-state index in [1.54, 1.807) is 24.4 Å². The third-order valence-corrected chi connectivity index (χ3v) is 3.01. The zero-order chi connectivity index (χ0) is 15.2. The van der Waals surface area contributed by atoms with E-state index in [1.165, 1.54) is 7.11 Å². The number of imidazole rings is 1. The minimum atomic E-state index is -2.89. The number of alkyl halides is 2. The summed E-state index contributed by atoms with van der Waals surface area (Å²) < 4.78 is 36.5. The van der Waals surface area contributed by atoms with Crippen molar-refractivity contribution in [2.45, 2.75) is 19.7 Å². The molecule has 2 rings (SSSR count). The first-order chi connectivity index (χ1) is 10.1. The maximum atomic E-state index is 12.5. The number of halogens is 2. The first-order valence-electron chi connectivity index (χ1n) is 6.39. The van der Waals surface area contributed by atoms with Crippen LogP contribution in [0.4, 0.5) is 8.78 Å². The first kappa shape index (κ1) is 15.2. The van der Waals surface area contributed by atoms with Gasteiger partial charge in [-0.25, -0.2) is 4.98 Å². The number of nitrogens with one attached hydrogen (secondary N) is 1. The van der Waals surface area contributed by atoms with Crippen LogP contribution in [0.5, 0.6) is 11.5 Å². The number of ether oxygens (including phenoxy) is 2. The Balaban J connectivity index is 2.06. The van der Waals surface area contributed by atoms with Gasteiger partial charge in [0.2, 0.25) is 0 Å². The molecule has 0 radical (unpaired) electrons. The van der Waals surface area contributed by atoms with Crippen LogP contribution in [0.15, 0.2) is 30.6 Å². The number of rotatable bonds is 7. The first-order valence-corrected chi connectivity index (χ1v) is 6.39. The van der Waals surface area contributed by atoms with Crippen molar-refractivity contribution >= 4 is 0 Å². The molecule has 5 nitrogen and oxygen atoms in total. The Hall–Kier alpha value is -2.15. The summed E-state index contributed by atoms with van der Waals surface area (Å²) in [6.07, 6.45) is 3.54. The van der Waals surface area contributed by atoms with Gasteiger partial charge < -0.3 is 19.4 Å². The number of aromatic nitrogens is 2. The van der Waals surface area contributed by atoms with Crippen LogP contribution >= 0.6 is 0 Å². The van der Waals surface area contributed by atoms with Crippen molar-refractivity contribution in [1.29, 1.82) is 0 Å². The zero-order valence-electron chi connectivity index (χ0n) is 11.8. The number of hydrogen-bond acceptors (Lipinski definition) is 4. The molecule has 0 saturated carbocycles. The molecule has 114 valence electrons. The number of methoxy groups -OCH3 is 1. The molecule has 2 aromatic rings. The van der Waals surface area contributed by atoms with Gasteiger partial charge in [-0.05, 0) is 6.07 Å². The number of aryl methyl sites for hydroxylation is 1. The van der Waals surface area contributed by atoms with Crippen molar-refractivity contribution in [2.75, 3.05) is 7.11 Å². The highest BCUT2D eigenvalue weighted by atomic mass is 19.3. The smallest absolute Gasteiger partial charge is 0.387 e. The van der Waals surface area contributed by atoms with E-state index in [4.69, 9.17) is 4.74 Å². The predicted molar refractivity (Wildman–Crippen MR) is 73.4 cm³/mol. The average molecular weight is 297 g/mol. The fourth-order valence-electron chi connectivity index (χ4n) is 1.96. The summed E-state index contributed by atoms with van der Waals surface area (Å²) in [5.74, 6) is 1.20. The van der Waals surface area contributed by atoms with E-state index in [0.29, 0.717) is 18.7 Å². The second-order valence-corrected chi connectivity index (χ2v) is 4.38. The third kappa shape index (κ3) is 3.91. The number of nitrogens with zero attached hydrogens (tertiary/aromatic N) is 2. The fourth-order valence-corrected chi connectivity index (χ4v) is 1.96. The van der Waals surface area contributed by atoms with Gasteiger partial charge in [-0.1, -0.05) is 12.1 Å². The molecule has 7 heteroatoms. The third-order valence-electron chi connectivity index (χ3n) is 3.01. The normalized spacial score (nSPS) is 10.9. The van der Waals surface area contributed by atoms with Gasteiger partial charge in [0.05, 0.1) is 13.7 Å². The van der Waals surface area contributed by atoms with Crippen molar-refractivity contribution in [3.8, 4) is 11.5 Å². The highest BCUT2D eigenvalue weighted by Gasteiger charge is 2.15. The Labute approximate surface area is 121 Å². The maximum absolute atomic E-state index is 12.5. The Morgan fingerprint density at radius 1 is 1.33 bits per heavy atom. The van der Waals surface area contributed by atoms with Gasteiger partial charge in [-0.2, -0.15) is 8.78 Å². The lowest BCUT2D eigenvalue weighted by Crippen LogP contribution is -2.17. The van der Waals surface area contributed by atoms with Gasteiger partial charge in [0.25, 0.3) is 0 Å². The SMILES string of the molecule is COc1cccc(CNCc2nccn2C)c1OC(F)F. The minimum absolute atomic E-state index is 0.0577. The second-order valence-electron chi connectivity index (χ2n) is 4.38. The summed E-state index contributed by atoms with van der Waals surface area (Å²) in [7, 11) is 3.31. The van der Waals surface area contributed by atoms with E-state index in [1.807, 2.05) is 17.8 Å². The van der Waals surface area contributed by atoms with Gasteiger partial charge in [-0.15, -0.1) is 0 Å². The van der Waals surface area contributed by atoms with E-state index < -0.39 is 6.61 Å². The quantitative estimate of drug-likeness (QED) is 0.852. The average Bonchev–Trinajstić information content (AvgIpc) is 2.85. The molecule has 0 aliphatic rings. The fraction of sp³-hybridized carbons (Fsp3) is 0.357. The minimum Gasteiger partial charge on any atom is -0.493 e. The van der Waals surface area contributed by atoms with Crippen molar-refractivity contribution in [3.63, 3.8) is 0 Å². The Morgan fingerprint density at radius 3 is 2.76 bits per heavy atom. The van der Waals surface area contributed by atoms with Crippen LogP contribution in [0.1, 0.15) is 11.4 Å². The van der Waals surface area contributed by atoms with E-state index in [9.17, 15) is 8.78 Å². The standard InChI is InChI=1S/C14H17F2N3O2/c1-19-7-6-18-12(19)9-17-8-10-4-3-5-11(20-2)13(10)21-14(15)16/h3-7,14,17H,8-9H2,1-2H3. The lowest BCUT2D eigenvalue weighted by Gasteiger charge is -2.14. The lowest BCUT2D eigenvalue weighted by molar-refractivity contribution is -0.0518. The molecule has 0 unspecified atom stereocenters. The van der Waals surface area contributed by atoms with E-state index >= 15 is 0 Å². The summed E-state index contributed by atoms with van der Waals surface area (Å²) in [6, 6.07) is 5.03. The van der Waals surface area contributed by atoms with Gasteiger partial charge >= 0.3 is 6.61 Å². The highest BCUT2D eigenvalue weighted by molar-refractivity contribution is 5.46. The molecule has 0 fully saturated rings. The van der Waals surface area contributed by atoms with Crippen molar-refractivity contribution < 1.29 is 18.3 Å². The summed E-state index contributed by atoms with van der Waals surface area (Å²) in [5, 5.41) is 3.15. The van der Waals surface area contributed by atoms with Crippen LogP contribution < -0.4 is 14.8 Å². The summed E-state index contributed by atoms with van der Waals surface area (Å²) >= 11 is 0. The summed E-state index contributed by atoms with van der Waals surface area (Å²) in [4.78, 5) is 4.18. The highest BCUT2D eigenvalue weighted by Crippen LogP contribution is 2.32.